The molecule has 0 saturated carbocycles. The average molecular weight is 335 g/mol. The van der Waals surface area contributed by atoms with Gasteiger partial charge in [-0.1, -0.05) is 15.9 Å². The summed E-state index contributed by atoms with van der Waals surface area (Å²) < 4.78 is 3.08. The predicted molar refractivity (Wildman–Crippen MR) is 84.1 cm³/mol. The van der Waals surface area contributed by atoms with E-state index >= 15 is 0 Å². The number of benzene rings is 1. The molecule has 20 heavy (non-hydrogen) atoms. The first kappa shape index (κ1) is 13.8. The van der Waals surface area contributed by atoms with Crippen LogP contribution in [0.2, 0.25) is 0 Å². The van der Waals surface area contributed by atoms with Gasteiger partial charge in [0.05, 0.1) is 11.9 Å². The SMILES string of the molecule is Cc1cc(Br)ccc1-n1cc(CN2CCNCC2)cn1. The van der Waals surface area contributed by atoms with Gasteiger partial charge < -0.3 is 5.32 Å². The molecule has 0 radical (unpaired) electrons. The fourth-order valence-corrected chi connectivity index (χ4v) is 3.05. The zero-order valence-electron chi connectivity index (χ0n) is 11.6. The number of aromatic nitrogens is 2. The molecule has 0 unspecified atom stereocenters. The van der Waals surface area contributed by atoms with Crippen molar-refractivity contribution < 1.29 is 0 Å². The molecule has 2 aromatic rings. The summed E-state index contributed by atoms with van der Waals surface area (Å²) in [5.41, 5.74) is 3.63. The summed E-state index contributed by atoms with van der Waals surface area (Å²) in [5, 5.41) is 7.88. The van der Waals surface area contributed by atoms with E-state index in [1.807, 2.05) is 10.9 Å². The molecule has 1 aromatic heterocycles. The van der Waals surface area contributed by atoms with Crippen molar-refractivity contribution in [3.8, 4) is 5.69 Å². The Balaban J connectivity index is 1.75. The molecule has 5 heteroatoms. The summed E-state index contributed by atoms with van der Waals surface area (Å²) >= 11 is 3.50. The summed E-state index contributed by atoms with van der Waals surface area (Å²) in [5.74, 6) is 0. The lowest BCUT2D eigenvalue weighted by Gasteiger charge is -2.26. The van der Waals surface area contributed by atoms with Crippen LogP contribution in [0.4, 0.5) is 0 Å². The molecule has 1 aromatic carbocycles. The molecule has 0 atom stereocenters. The lowest BCUT2D eigenvalue weighted by molar-refractivity contribution is 0.233. The topological polar surface area (TPSA) is 33.1 Å². The zero-order chi connectivity index (χ0) is 13.9. The zero-order valence-corrected chi connectivity index (χ0v) is 13.2. The van der Waals surface area contributed by atoms with Crippen molar-refractivity contribution in [2.75, 3.05) is 26.2 Å². The fourth-order valence-electron chi connectivity index (χ4n) is 2.58. The largest absolute Gasteiger partial charge is 0.314 e. The van der Waals surface area contributed by atoms with Gasteiger partial charge in [-0.15, -0.1) is 0 Å². The van der Waals surface area contributed by atoms with E-state index in [1.165, 1.54) is 11.1 Å². The molecular weight excluding hydrogens is 316 g/mol. The Hall–Kier alpha value is -1.17. The van der Waals surface area contributed by atoms with Gasteiger partial charge in [0, 0.05) is 49.0 Å². The first-order valence-corrected chi connectivity index (χ1v) is 7.75. The van der Waals surface area contributed by atoms with Crippen molar-refractivity contribution >= 4 is 15.9 Å². The van der Waals surface area contributed by atoms with Gasteiger partial charge in [-0.25, -0.2) is 4.68 Å². The Morgan fingerprint density at radius 3 is 2.85 bits per heavy atom. The maximum absolute atomic E-state index is 4.50. The van der Waals surface area contributed by atoms with E-state index < -0.39 is 0 Å². The molecule has 4 nitrogen and oxygen atoms in total. The minimum Gasteiger partial charge on any atom is -0.314 e. The maximum Gasteiger partial charge on any atom is 0.0675 e. The van der Waals surface area contributed by atoms with Crippen LogP contribution in [0.3, 0.4) is 0 Å². The normalized spacial score (nSPS) is 16.5. The van der Waals surface area contributed by atoms with E-state index in [0.29, 0.717) is 0 Å². The van der Waals surface area contributed by atoms with Gasteiger partial charge in [0.2, 0.25) is 0 Å². The smallest absolute Gasteiger partial charge is 0.0675 e. The van der Waals surface area contributed by atoms with Crippen LogP contribution >= 0.6 is 15.9 Å². The van der Waals surface area contributed by atoms with Crippen LogP contribution < -0.4 is 5.32 Å². The number of hydrogen-bond donors (Lipinski definition) is 1. The lowest BCUT2D eigenvalue weighted by Crippen LogP contribution is -2.42. The van der Waals surface area contributed by atoms with Crippen LogP contribution in [0.25, 0.3) is 5.69 Å². The van der Waals surface area contributed by atoms with Gasteiger partial charge in [-0.3, -0.25) is 4.90 Å². The second-order valence-electron chi connectivity index (χ2n) is 5.25. The first-order chi connectivity index (χ1) is 9.72. The number of nitrogens with one attached hydrogen (secondary N) is 1. The van der Waals surface area contributed by atoms with Crippen molar-refractivity contribution in [2.45, 2.75) is 13.5 Å². The summed E-state index contributed by atoms with van der Waals surface area (Å²) in [6.07, 6.45) is 4.11. The van der Waals surface area contributed by atoms with Gasteiger partial charge in [0.25, 0.3) is 0 Å². The van der Waals surface area contributed by atoms with Crippen LogP contribution in [0.15, 0.2) is 35.1 Å². The molecule has 0 amide bonds. The number of piperazine rings is 1. The quantitative estimate of drug-likeness (QED) is 0.935. The van der Waals surface area contributed by atoms with Crippen molar-refractivity contribution in [3.05, 3.63) is 46.2 Å². The van der Waals surface area contributed by atoms with Crippen molar-refractivity contribution in [3.63, 3.8) is 0 Å². The van der Waals surface area contributed by atoms with E-state index in [4.69, 9.17) is 0 Å². The highest BCUT2D eigenvalue weighted by atomic mass is 79.9. The third-order valence-corrected chi connectivity index (χ3v) is 4.15. The van der Waals surface area contributed by atoms with Crippen LogP contribution in [-0.4, -0.2) is 40.9 Å². The molecule has 1 fully saturated rings. The third-order valence-electron chi connectivity index (χ3n) is 3.66. The first-order valence-electron chi connectivity index (χ1n) is 6.95. The van der Waals surface area contributed by atoms with Gasteiger partial charge in [-0.05, 0) is 30.7 Å². The Labute approximate surface area is 127 Å². The molecule has 1 aliphatic rings. The van der Waals surface area contributed by atoms with Crippen LogP contribution in [0.1, 0.15) is 11.1 Å². The number of rotatable bonds is 3. The molecule has 0 bridgehead atoms. The van der Waals surface area contributed by atoms with Crippen LogP contribution in [0, 0.1) is 6.92 Å². The summed E-state index contributed by atoms with van der Waals surface area (Å²) in [7, 11) is 0. The number of hydrogen-bond acceptors (Lipinski definition) is 3. The van der Waals surface area contributed by atoms with E-state index in [2.05, 4.69) is 62.6 Å². The summed E-state index contributed by atoms with van der Waals surface area (Å²) in [6.45, 7) is 7.49. The van der Waals surface area contributed by atoms with E-state index in [9.17, 15) is 0 Å². The minimum atomic E-state index is 0.983. The number of aryl methyl sites for hydroxylation is 1. The van der Waals surface area contributed by atoms with Crippen LogP contribution in [-0.2, 0) is 6.54 Å². The highest BCUT2D eigenvalue weighted by Gasteiger charge is 2.11. The second-order valence-corrected chi connectivity index (χ2v) is 6.17. The van der Waals surface area contributed by atoms with E-state index in [0.717, 1.165) is 42.9 Å². The van der Waals surface area contributed by atoms with Gasteiger partial charge in [0.1, 0.15) is 0 Å². The minimum absolute atomic E-state index is 0.983. The molecule has 1 aliphatic heterocycles. The van der Waals surface area contributed by atoms with Crippen molar-refractivity contribution in [2.24, 2.45) is 0 Å². The fraction of sp³-hybridized carbons (Fsp3) is 0.400. The van der Waals surface area contributed by atoms with E-state index in [1.54, 1.807) is 0 Å². The molecule has 3 rings (SSSR count). The van der Waals surface area contributed by atoms with Crippen molar-refractivity contribution in [1.82, 2.24) is 20.0 Å². The highest BCUT2D eigenvalue weighted by molar-refractivity contribution is 9.10. The Morgan fingerprint density at radius 1 is 1.30 bits per heavy atom. The number of halogens is 1. The molecule has 2 heterocycles. The summed E-state index contributed by atoms with van der Waals surface area (Å²) in [6, 6.07) is 6.27. The van der Waals surface area contributed by atoms with Gasteiger partial charge in [-0.2, -0.15) is 5.10 Å². The standard InChI is InChI=1S/C15H19BrN4/c1-12-8-14(16)2-3-15(12)20-11-13(9-18-20)10-19-6-4-17-5-7-19/h2-3,8-9,11,17H,4-7,10H2,1H3. The Morgan fingerprint density at radius 2 is 2.10 bits per heavy atom. The molecule has 1 saturated heterocycles. The summed E-state index contributed by atoms with van der Waals surface area (Å²) in [4.78, 5) is 2.46. The van der Waals surface area contributed by atoms with Crippen LogP contribution in [0.5, 0.6) is 0 Å². The number of nitrogens with zero attached hydrogens (tertiary/aromatic N) is 3. The molecule has 106 valence electrons. The Kier molecular flexibility index (Phi) is 4.19. The third kappa shape index (κ3) is 3.11. The monoisotopic (exact) mass is 334 g/mol. The van der Waals surface area contributed by atoms with Crippen molar-refractivity contribution in [1.29, 1.82) is 0 Å². The highest BCUT2D eigenvalue weighted by Crippen LogP contribution is 2.19. The molecule has 1 N–H and O–H groups in total. The van der Waals surface area contributed by atoms with E-state index in [-0.39, 0.29) is 0 Å². The Bertz CT molecular complexity index is 587. The molecule has 0 aliphatic carbocycles. The average Bonchev–Trinajstić information content (AvgIpc) is 2.88. The molecular formula is C15H19BrN4. The second kappa shape index (κ2) is 6.08. The maximum atomic E-state index is 4.50. The lowest BCUT2D eigenvalue weighted by atomic mass is 10.2. The predicted octanol–water partition coefficient (Wildman–Crippen LogP) is 2.35. The van der Waals surface area contributed by atoms with Gasteiger partial charge in [0.15, 0.2) is 0 Å². The molecule has 0 spiro atoms. The van der Waals surface area contributed by atoms with Gasteiger partial charge >= 0.3 is 0 Å².